The molecule has 2 N–H and O–H groups in total. The molecule has 106 valence electrons. The predicted octanol–water partition coefficient (Wildman–Crippen LogP) is 0.616. The Balaban J connectivity index is 1.67. The zero-order chi connectivity index (χ0) is 13.7. The average molecular weight is 270 g/mol. The van der Waals surface area contributed by atoms with Crippen LogP contribution in [0.4, 0.5) is 5.69 Å². The number of nitrogens with one attached hydrogen (secondary N) is 1. The van der Waals surface area contributed by atoms with Crippen LogP contribution in [-0.4, -0.2) is 38.6 Å². The van der Waals surface area contributed by atoms with Crippen molar-refractivity contribution in [1.29, 1.82) is 0 Å². The Hall–Kier alpha value is -1.51. The maximum atomic E-state index is 10.5. The van der Waals surface area contributed by atoms with Gasteiger partial charge in [0.05, 0.1) is 23.7 Å². The van der Waals surface area contributed by atoms with Crippen LogP contribution >= 0.6 is 0 Å². The van der Waals surface area contributed by atoms with Crippen molar-refractivity contribution in [2.24, 2.45) is 0 Å². The van der Waals surface area contributed by atoms with Crippen LogP contribution in [0.5, 0.6) is 0 Å². The molecule has 1 atom stereocenters. The highest BCUT2D eigenvalue weighted by atomic mass is 16.7. The van der Waals surface area contributed by atoms with Gasteiger partial charge in [0.2, 0.25) is 0 Å². The van der Waals surface area contributed by atoms with E-state index in [9.17, 15) is 15.2 Å². The van der Waals surface area contributed by atoms with Gasteiger partial charge in [0.1, 0.15) is 12.4 Å². The van der Waals surface area contributed by atoms with Crippen LogP contribution in [0.1, 0.15) is 25.7 Å². The standard InChI is InChI=1S/C11H18N4O4/c16-10(6-13-19-11-3-1-2-4-11)8-14-7-9(5-12-14)15(17)18/h5,7,10-11,13,16H,1-4,6,8H2. The predicted molar refractivity (Wildman–Crippen MR) is 66.2 cm³/mol. The number of nitrogens with zero attached hydrogens (tertiary/aromatic N) is 3. The van der Waals surface area contributed by atoms with Gasteiger partial charge in [-0.3, -0.25) is 19.6 Å². The lowest BCUT2D eigenvalue weighted by Crippen LogP contribution is -2.32. The minimum absolute atomic E-state index is 0.0811. The van der Waals surface area contributed by atoms with E-state index < -0.39 is 11.0 Å². The van der Waals surface area contributed by atoms with E-state index in [2.05, 4.69) is 10.6 Å². The number of rotatable bonds is 7. The van der Waals surface area contributed by atoms with E-state index >= 15 is 0 Å². The number of aliphatic hydroxyl groups is 1. The van der Waals surface area contributed by atoms with Gasteiger partial charge in [0.15, 0.2) is 0 Å². The Morgan fingerprint density at radius 2 is 2.37 bits per heavy atom. The Morgan fingerprint density at radius 3 is 3.00 bits per heavy atom. The Morgan fingerprint density at radius 1 is 1.63 bits per heavy atom. The SMILES string of the molecule is O=[N+]([O-])c1cnn(CC(O)CNOC2CCCC2)c1. The topological polar surface area (TPSA) is 102 Å². The second-order valence-electron chi connectivity index (χ2n) is 4.70. The Bertz CT molecular complexity index is 417. The highest BCUT2D eigenvalue weighted by molar-refractivity contribution is 5.20. The van der Waals surface area contributed by atoms with E-state index in [-0.39, 0.29) is 24.9 Å². The Labute approximate surface area is 110 Å². The third-order valence-corrected chi connectivity index (χ3v) is 3.10. The summed E-state index contributed by atoms with van der Waals surface area (Å²) in [5.41, 5.74) is 2.67. The van der Waals surface area contributed by atoms with Crippen molar-refractivity contribution in [3.63, 3.8) is 0 Å². The molecular weight excluding hydrogens is 252 g/mol. The van der Waals surface area contributed by atoms with E-state index in [4.69, 9.17) is 4.84 Å². The summed E-state index contributed by atoms with van der Waals surface area (Å²) in [6, 6.07) is 0. The summed E-state index contributed by atoms with van der Waals surface area (Å²) >= 11 is 0. The fourth-order valence-corrected chi connectivity index (χ4v) is 2.10. The normalized spacial score (nSPS) is 17.7. The van der Waals surface area contributed by atoms with Crippen molar-refractivity contribution >= 4 is 5.69 Å². The monoisotopic (exact) mass is 270 g/mol. The zero-order valence-electron chi connectivity index (χ0n) is 10.6. The van der Waals surface area contributed by atoms with E-state index in [0.29, 0.717) is 0 Å². The smallest absolute Gasteiger partial charge is 0.306 e. The molecule has 8 heteroatoms. The molecule has 0 bridgehead atoms. The van der Waals surface area contributed by atoms with Crippen LogP contribution in [0.15, 0.2) is 12.4 Å². The summed E-state index contributed by atoms with van der Waals surface area (Å²) in [5, 5.41) is 24.0. The summed E-state index contributed by atoms with van der Waals surface area (Å²) < 4.78 is 1.35. The average Bonchev–Trinajstić information content (AvgIpc) is 3.00. The molecule has 2 rings (SSSR count). The maximum Gasteiger partial charge on any atom is 0.306 e. The molecule has 1 aromatic heterocycles. The summed E-state index contributed by atoms with van der Waals surface area (Å²) in [5.74, 6) is 0. The number of hydroxylamine groups is 1. The molecule has 8 nitrogen and oxygen atoms in total. The van der Waals surface area contributed by atoms with Crippen molar-refractivity contribution in [1.82, 2.24) is 15.3 Å². The lowest BCUT2D eigenvalue weighted by molar-refractivity contribution is -0.385. The summed E-state index contributed by atoms with van der Waals surface area (Å²) in [6.07, 6.45) is 6.45. The van der Waals surface area contributed by atoms with Gasteiger partial charge in [-0.25, -0.2) is 0 Å². The second kappa shape index (κ2) is 6.60. The Kier molecular flexibility index (Phi) is 4.83. The zero-order valence-corrected chi connectivity index (χ0v) is 10.6. The van der Waals surface area contributed by atoms with Crippen molar-refractivity contribution in [3.05, 3.63) is 22.5 Å². The minimum Gasteiger partial charge on any atom is -0.390 e. The highest BCUT2D eigenvalue weighted by Gasteiger charge is 2.16. The molecule has 0 aromatic carbocycles. The molecule has 19 heavy (non-hydrogen) atoms. The van der Waals surface area contributed by atoms with Crippen LogP contribution in [0, 0.1) is 10.1 Å². The molecule has 0 radical (unpaired) electrons. The fourth-order valence-electron chi connectivity index (χ4n) is 2.10. The first-order valence-electron chi connectivity index (χ1n) is 6.38. The molecule has 1 saturated carbocycles. The molecule has 0 aliphatic heterocycles. The third kappa shape index (κ3) is 4.27. The quantitative estimate of drug-likeness (QED) is 0.556. The highest BCUT2D eigenvalue weighted by Crippen LogP contribution is 2.19. The van der Waals surface area contributed by atoms with Crippen LogP contribution in [-0.2, 0) is 11.4 Å². The first-order chi connectivity index (χ1) is 9.15. The van der Waals surface area contributed by atoms with Gasteiger partial charge in [-0.1, -0.05) is 12.8 Å². The number of aliphatic hydroxyl groups excluding tert-OH is 1. The summed E-state index contributed by atoms with van der Waals surface area (Å²) in [4.78, 5) is 15.4. The van der Waals surface area contributed by atoms with Crippen LogP contribution < -0.4 is 5.48 Å². The van der Waals surface area contributed by atoms with Gasteiger partial charge >= 0.3 is 5.69 Å². The fraction of sp³-hybridized carbons (Fsp3) is 0.727. The van der Waals surface area contributed by atoms with Crippen molar-refractivity contribution < 1.29 is 14.9 Å². The van der Waals surface area contributed by atoms with Gasteiger partial charge in [0, 0.05) is 6.54 Å². The molecule has 1 unspecified atom stereocenters. The number of aromatic nitrogens is 2. The molecule has 1 fully saturated rings. The lowest BCUT2D eigenvalue weighted by Gasteiger charge is -2.15. The second-order valence-corrected chi connectivity index (χ2v) is 4.70. The number of hydrogen-bond acceptors (Lipinski definition) is 6. The van der Waals surface area contributed by atoms with Crippen LogP contribution in [0.2, 0.25) is 0 Å². The van der Waals surface area contributed by atoms with E-state index in [0.717, 1.165) is 19.0 Å². The molecule has 1 heterocycles. The number of hydrogen-bond donors (Lipinski definition) is 2. The van der Waals surface area contributed by atoms with Gasteiger partial charge in [-0.2, -0.15) is 10.6 Å². The van der Waals surface area contributed by atoms with E-state index in [1.807, 2.05) is 0 Å². The van der Waals surface area contributed by atoms with Crippen molar-refractivity contribution in [2.45, 2.75) is 44.4 Å². The lowest BCUT2D eigenvalue weighted by atomic mass is 10.3. The van der Waals surface area contributed by atoms with E-state index in [1.54, 1.807) is 0 Å². The molecule has 0 saturated heterocycles. The first kappa shape index (κ1) is 13.9. The molecule has 1 aliphatic rings. The summed E-state index contributed by atoms with van der Waals surface area (Å²) in [6.45, 7) is 0.457. The molecule has 1 aliphatic carbocycles. The molecule has 1 aromatic rings. The van der Waals surface area contributed by atoms with Crippen molar-refractivity contribution in [3.8, 4) is 0 Å². The molecule has 0 spiro atoms. The first-order valence-corrected chi connectivity index (χ1v) is 6.38. The molecular formula is C11H18N4O4. The minimum atomic E-state index is -0.707. The van der Waals surface area contributed by atoms with Gasteiger partial charge in [-0.15, -0.1) is 0 Å². The van der Waals surface area contributed by atoms with Gasteiger partial charge in [-0.05, 0) is 12.8 Å². The largest absolute Gasteiger partial charge is 0.390 e. The third-order valence-electron chi connectivity index (χ3n) is 3.10. The van der Waals surface area contributed by atoms with Crippen molar-refractivity contribution in [2.75, 3.05) is 6.54 Å². The number of nitro groups is 1. The van der Waals surface area contributed by atoms with Crippen LogP contribution in [0.3, 0.4) is 0 Å². The van der Waals surface area contributed by atoms with E-state index in [1.165, 1.54) is 23.7 Å². The van der Waals surface area contributed by atoms with Gasteiger partial charge < -0.3 is 5.11 Å². The molecule has 0 amide bonds. The van der Waals surface area contributed by atoms with Gasteiger partial charge in [0.25, 0.3) is 0 Å². The maximum absolute atomic E-state index is 10.5. The van der Waals surface area contributed by atoms with Crippen LogP contribution in [0.25, 0.3) is 0 Å². The summed E-state index contributed by atoms with van der Waals surface area (Å²) in [7, 11) is 0.